The number of amides is 1. The summed E-state index contributed by atoms with van der Waals surface area (Å²) in [5.41, 5.74) is -2.76. The number of rotatable bonds is 4. The van der Waals surface area contributed by atoms with Gasteiger partial charge < -0.3 is 5.32 Å². The zero-order valence-electron chi connectivity index (χ0n) is 14.0. The Morgan fingerprint density at radius 1 is 1.07 bits per heavy atom. The highest BCUT2D eigenvalue weighted by molar-refractivity contribution is 5.93. The van der Waals surface area contributed by atoms with Gasteiger partial charge in [-0.05, 0) is 25.8 Å². The van der Waals surface area contributed by atoms with Crippen LogP contribution in [-0.2, 0) is 11.0 Å². The van der Waals surface area contributed by atoms with Gasteiger partial charge in [-0.1, -0.05) is 0 Å². The minimum absolute atomic E-state index is 0.0902. The molecule has 28 heavy (non-hydrogen) atoms. The molecule has 4 nitrogen and oxygen atoms in total. The number of anilines is 1. The molecule has 3 rings (SSSR count). The molecule has 152 valence electrons. The molecule has 0 bridgehead atoms. The van der Waals surface area contributed by atoms with E-state index in [1.54, 1.807) is 5.32 Å². The molecule has 0 radical (unpaired) electrons. The van der Waals surface area contributed by atoms with Gasteiger partial charge in [-0.3, -0.25) is 9.48 Å². The van der Waals surface area contributed by atoms with Crippen molar-refractivity contribution in [1.29, 1.82) is 0 Å². The molecule has 1 aliphatic carbocycles. The predicted molar refractivity (Wildman–Crippen MR) is 78.8 cm³/mol. The summed E-state index contributed by atoms with van der Waals surface area (Å²) in [6.45, 7) is 1.08. The highest BCUT2D eigenvalue weighted by Crippen LogP contribution is 2.43. The lowest BCUT2D eigenvalue weighted by molar-refractivity contribution is -0.141. The van der Waals surface area contributed by atoms with Crippen LogP contribution in [0.5, 0.6) is 0 Å². The summed E-state index contributed by atoms with van der Waals surface area (Å²) in [6, 6.07) is -0.749. The van der Waals surface area contributed by atoms with Crippen molar-refractivity contribution in [3.05, 3.63) is 46.5 Å². The number of nitrogens with one attached hydrogen (secondary N) is 1. The van der Waals surface area contributed by atoms with Crippen LogP contribution in [0.4, 0.5) is 40.8 Å². The molecule has 1 heterocycles. The molecule has 1 aromatic carbocycles. The van der Waals surface area contributed by atoms with E-state index in [1.807, 2.05) is 0 Å². The average Bonchev–Trinajstić information content (AvgIpc) is 3.37. The van der Waals surface area contributed by atoms with Gasteiger partial charge in [0.25, 0.3) is 0 Å². The molecule has 1 amide bonds. The first-order valence-electron chi connectivity index (χ1n) is 7.92. The van der Waals surface area contributed by atoms with Gasteiger partial charge in [-0.2, -0.15) is 18.3 Å². The third kappa shape index (κ3) is 3.42. The molecule has 2 aromatic rings. The Balaban J connectivity index is 1.94. The van der Waals surface area contributed by atoms with Crippen LogP contribution in [0.25, 0.3) is 0 Å². The first kappa shape index (κ1) is 20.1. The molecule has 1 N–H and O–H groups in total. The van der Waals surface area contributed by atoms with Gasteiger partial charge in [-0.25, -0.2) is 22.0 Å². The van der Waals surface area contributed by atoms with E-state index in [2.05, 4.69) is 5.10 Å². The number of halogens is 8. The number of hydrogen-bond acceptors (Lipinski definition) is 2. The molecular weight excluding hydrogens is 402 g/mol. The predicted octanol–water partition coefficient (Wildman–Crippen LogP) is 4.67. The number of aromatic nitrogens is 2. The second-order valence-electron chi connectivity index (χ2n) is 6.28. The zero-order chi connectivity index (χ0) is 21.0. The van der Waals surface area contributed by atoms with Crippen molar-refractivity contribution in [2.24, 2.45) is 0 Å². The smallest absolute Gasteiger partial charge is 0.319 e. The van der Waals surface area contributed by atoms with Crippen molar-refractivity contribution in [2.45, 2.75) is 37.9 Å². The quantitative estimate of drug-likeness (QED) is 0.450. The van der Waals surface area contributed by atoms with Crippen molar-refractivity contribution in [1.82, 2.24) is 9.78 Å². The van der Waals surface area contributed by atoms with Crippen LogP contribution in [0.1, 0.15) is 43.1 Å². The molecule has 0 unspecified atom stereocenters. The maximum atomic E-state index is 13.7. The number of carbonyl (C=O) groups is 1. The van der Waals surface area contributed by atoms with Crippen LogP contribution < -0.4 is 5.32 Å². The van der Waals surface area contributed by atoms with E-state index in [0.717, 1.165) is 17.7 Å². The van der Waals surface area contributed by atoms with Gasteiger partial charge in [0.2, 0.25) is 11.7 Å². The van der Waals surface area contributed by atoms with Crippen LogP contribution in [0.3, 0.4) is 0 Å². The molecule has 1 atom stereocenters. The average molecular weight is 413 g/mol. The summed E-state index contributed by atoms with van der Waals surface area (Å²) in [4.78, 5) is 12.3. The summed E-state index contributed by atoms with van der Waals surface area (Å²) in [6.07, 6.45) is -3.66. The van der Waals surface area contributed by atoms with Gasteiger partial charge in [-0.15, -0.1) is 0 Å². The summed E-state index contributed by atoms with van der Waals surface area (Å²) < 4.78 is 106. The minimum Gasteiger partial charge on any atom is -0.319 e. The molecule has 0 saturated heterocycles. The molecule has 0 spiro atoms. The van der Waals surface area contributed by atoms with E-state index in [0.29, 0.717) is 12.8 Å². The fourth-order valence-corrected chi connectivity index (χ4v) is 2.59. The Kier molecular flexibility index (Phi) is 4.84. The number of carbonyl (C=O) groups excluding carboxylic acids is 1. The summed E-state index contributed by atoms with van der Waals surface area (Å²) in [5.74, 6) is -13.0. The van der Waals surface area contributed by atoms with Crippen molar-refractivity contribution >= 4 is 11.6 Å². The molecule has 1 saturated carbocycles. The second-order valence-corrected chi connectivity index (χ2v) is 6.28. The Morgan fingerprint density at radius 2 is 1.57 bits per heavy atom. The summed E-state index contributed by atoms with van der Waals surface area (Å²) >= 11 is 0. The van der Waals surface area contributed by atoms with Gasteiger partial charge in [0.1, 0.15) is 11.7 Å². The lowest BCUT2D eigenvalue weighted by atomic mass is 10.2. The van der Waals surface area contributed by atoms with E-state index >= 15 is 0 Å². The fourth-order valence-electron chi connectivity index (χ4n) is 2.59. The molecular formula is C16H11F8N3O. The molecule has 12 heteroatoms. The summed E-state index contributed by atoms with van der Waals surface area (Å²) in [5, 5.41) is 4.88. The van der Waals surface area contributed by atoms with Crippen molar-refractivity contribution in [3.8, 4) is 0 Å². The topological polar surface area (TPSA) is 46.9 Å². The largest absolute Gasteiger partial charge is 0.435 e. The van der Waals surface area contributed by atoms with Crippen LogP contribution in [-0.4, -0.2) is 15.7 Å². The van der Waals surface area contributed by atoms with Gasteiger partial charge in [0.15, 0.2) is 29.0 Å². The standard InChI is InChI=1S/C16H11F8N3O/c1-5(27-7(6-2-3-6)4-8(26-27)16(22,23)24)15(28)25-14-12(20)10(18)9(17)11(19)13(14)21/h4-6H,2-3H2,1H3,(H,25,28)/t5-/m1/s1. The number of nitrogens with zero attached hydrogens (tertiary/aromatic N) is 2. The number of benzene rings is 1. The third-order valence-corrected chi connectivity index (χ3v) is 4.25. The van der Waals surface area contributed by atoms with Crippen molar-refractivity contribution < 1.29 is 39.9 Å². The van der Waals surface area contributed by atoms with Crippen LogP contribution in [0.2, 0.25) is 0 Å². The lowest BCUT2D eigenvalue weighted by Gasteiger charge is -2.17. The first-order chi connectivity index (χ1) is 12.9. The van der Waals surface area contributed by atoms with E-state index in [1.165, 1.54) is 0 Å². The molecule has 1 aromatic heterocycles. The van der Waals surface area contributed by atoms with Gasteiger partial charge in [0, 0.05) is 11.6 Å². The molecule has 1 aliphatic rings. The maximum absolute atomic E-state index is 13.7. The highest BCUT2D eigenvalue weighted by atomic mass is 19.4. The van der Waals surface area contributed by atoms with E-state index < -0.39 is 58.6 Å². The number of alkyl halides is 3. The van der Waals surface area contributed by atoms with Crippen molar-refractivity contribution in [3.63, 3.8) is 0 Å². The van der Waals surface area contributed by atoms with Crippen LogP contribution >= 0.6 is 0 Å². The van der Waals surface area contributed by atoms with E-state index in [9.17, 15) is 39.9 Å². The van der Waals surface area contributed by atoms with Crippen LogP contribution in [0.15, 0.2) is 6.07 Å². The Labute approximate surface area is 152 Å². The van der Waals surface area contributed by atoms with Gasteiger partial charge in [0.05, 0.1) is 0 Å². The Hall–Kier alpha value is -2.66. The van der Waals surface area contributed by atoms with Crippen LogP contribution in [0, 0.1) is 29.1 Å². The third-order valence-electron chi connectivity index (χ3n) is 4.25. The molecule has 0 aliphatic heterocycles. The Morgan fingerprint density at radius 3 is 2.04 bits per heavy atom. The monoisotopic (exact) mass is 413 g/mol. The van der Waals surface area contributed by atoms with Crippen molar-refractivity contribution in [2.75, 3.05) is 5.32 Å². The van der Waals surface area contributed by atoms with E-state index in [4.69, 9.17) is 0 Å². The number of hydrogen-bond donors (Lipinski definition) is 1. The highest BCUT2D eigenvalue weighted by Gasteiger charge is 2.39. The second kappa shape index (κ2) is 6.74. The minimum atomic E-state index is -4.79. The lowest BCUT2D eigenvalue weighted by Crippen LogP contribution is -2.27. The maximum Gasteiger partial charge on any atom is 0.435 e. The summed E-state index contributed by atoms with van der Waals surface area (Å²) in [7, 11) is 0. The normalized spacial score (nSPS) is 15.6. The first-order valence-corrected chi connectivity index (χ1v) is 7.92. The van der Waals surface area contributed by atoms with Gasteiger partial charge >= 0.3 is 6.18 Å². The van der Waals surface area contributed by atoms with E-state index in [-0.39, 0.29) is 11.6 Å². The Bertz CT molecular complexity index is 919. The SMILES string of the molecule is C[C@H](C(=O)Nc1c(F)c(F)c(F)c(F)c1F)n1nc(C(F)(F)F)cc1C1CC1. The fraction of sp³-hybridized carbons (Fsp3) is 0.375. The molecule has 1 fully saturated rings. The zero-order valence-corrected chi connectivity index (χ0v) is 14.0.